The van der Waals surface area contributed by atoms with Crippen molar-refractivity contribution in [3.8, 4) is 0 Å². The summed E-state index contributed by atoms with van der Waals surface area (Å²) in [5.74, 6) is 0. The van der Waals surface area contributed by atoms with Crippen molar-refractivity contribution in [1.29, 1.82) is 0 Å². The van der Waals surface area contributed by atoms with E-state index in [9.17, 15) is 9.59 Å². The average Bonchev–Trinajstić information content (AvgIpc) is 2.52. The molecule has 0 aliphatic rings. The first-order valence-corrected chi connectivity index (χ1v) is 7.73. The highest BCUT2D eigenvalue weighted by atomic mass is 16.6. The Morgan fingerprint density at radius 3 is 1.44 bits per heavy atom. The molecule has 0 aromatic heterocycles. The molecule has 2 aromatic rings. The molecule has 0 saturated heterocycles. The van der Waals surface area contributed by atoms with Crippen molar-refractivity contribution in [2.45, 2.75) is 32.5 Å². The summed E-state index contributed by atoms with van der Waals surface area (Å²) >= 11 is 0. The quantitative estimate of drug-likeness (QED) is 0.884. The highest BCUT2D eigenvalue weighted by Crippen LogP contribution is 2.25. The third kappa shape index (κ3) is 8.41. The van der Waals surface area contributed by atoms with Crippen molar-refractivity contribution in [3.63, 3.8) is 0 Å². The molecule has 0 aliphatic carbocycles. The topological polar surface area (TPSA) is 105 Å². The molecule has 0 bridgehead atoms. The van der Waals surface area contributed by atoms with E-state index < -0.39 is 23.9 Å². The smallest absolute Gasteiger partial charge is 0.405 e. The summed E-state index contributed by atoms with van der Waals surface area (Å²) in [6.07, 6.45) is -1.95. The van der Waals surface area contributed by atoms with Gasteiger partial charge >= 0.3 is 12.2 Å². The third-order valence-electron chi connectivity index (χ3n) is 2.85. The van der Waals surface area contributed by atoms with Crippen LogP contribution in [0.1, 0.15) is 38.0 Å². The van der Waals surface area contributed by atoms with Crippen LogP contribution in [0.3, 0.4) is 0 Å². The van der Waals surface area contributed by atoms with Crippen LogP contribution >= 0.6 is 0 Å². The fourth-order valence-corrected chi connectivity index (χ4v) is 2.00. The molecule has 0 fully saturated rings. The van der Waals surface area contributed by atoms with Crippen molar-refractivity contribution >= 4 is 12.2 Å². The van der Waals surface area contributed by atoms with Crippen LogP contribution in [0.2, 0.25) is 0 Å². The van der Waals surface area contributed by atoms with Gasteiger partial charge in [-0.05, 0) is 31.9 Å². The largest absolute Gasteiger partial charge is 0.444 e. The van der Waals surface area contributed by atoms with Crippen LogP contribution in [0.25, 0.3) is 0 Å². The Bertz CT molecular complexity index is 627. The van der Waals surface area contributed by atoms with Gasteiger partial charge < -0.3 is 20.9 Å². The van der Waals surface area contributed by atoms with Gasteiger partial charge in [-0.3, -0.25) is 0 Å². The second-order valence-electron chi connectivity index (χ2n) is 6.17. The van der Waals surface area contributed by atoms with Crippen LogP contribution in [-0.2, 0) is 9.47 Å². The molecule has 134 valence electrons. The van der Waals surface area contributed by atoms with Crippen molar-refractivity contribution in [1.82, 2.24) is 0 Å². The molecular weight excluding hydrogens is 320 g/mol. The number of amides is 2. The average molecular weight is 344 g/mol. The molecule has 6 heteroatoms. The Kier molecular flexibility index (Phi) is 7.46. The van der Waals surface area contributed by atoms with Gasteiger partial charge in [0.1, 0.15) is 5.60 Å². The lowest BCUT2D eigenvalue weighted by Crippen LogP contribution is -2.27. The zero-order valence-electron chi connectivity index (χ0n) is 14.6. The Balaban J connectivity index is 0.000000333. The maximum atomic E-state index is 11.0. The summed E-state index contributed by atoms with van der Waals surface area (Å²) in [4.78, 5) is 21.0. The zero-order valence-corrected chi connectivity index (χ0v) is 14.6. The van der Waals surface area contributed by atoms with Gasteiger partial charge in [0.25, 0.3) is 0 Å². The fraction of sp³-hybridized carbons (Fsp3) is 0.263. The number of nitrogens with two attached hydrogens (primary N) is 2. The van der Waals surface area contributed by atoms with Gasteiger partial charge in [-0.2, -0.15) is 0 Å². The number of ether oxygens (including phenoxy) is 2. The molecule has 0 radical (unpaired) electrons. The van der Waals surface area contributed by atoms with E-state index in [2.05, 4.69) is 4.74 Å². The van der Waals surface area contributed by atoms with Crippen LogP contribution in [-0.4, -0.2) is 17.8 Å². The van der Waals surface area contributed by atoms with Gasteiger partial charge in [-0.25, -0.2) is 9.59 Å². The molecule has 25 heavy (non-hydrogen) atoms. The molecular formula is C19H24N2O4. The number of carbonyl (C=O) groups is 2. The molecule has 4 N–H and O–H groups in total. The van der Waals surface area contributed by atoms with Gasteiger partial charge in [0.2, 0.25) is 0 Å². The first kappa shape index (κ1) is 20.0. The molecule has 2 rings (SSSR count). The van der Waals surface area contributed by atoms with E-state index in [0.29, 0.717) is 0 Å². The molecule has 0 spiro atoms. The van der Waals surface area contributed by atoms with Crippen molar-refractivity contribution in [2.24, 2.45) is 11.5 Å². The minimum absolute atomic E-state index is 0.449. The second-order valence-corrected chi connectivity index (χ2v) is 6.17. The van der Waals surface area contributed by atoms with Crippen molar-refractivity contribution in [3.05, 3.63) is 71.8 Å². The van der Waals surface area contributed by atoms with E-state index in [0.717, 1.165) is 11.1 Å². The Morgan fingerprint density at radius 2 is 1.20 bits per heavy atom. The minimum Gasteiger partial charge on any atom is -0.444 e. The van der Waals surface area contributed by atoms with E-state index in [1.165, 1.54) is 0 Å². The Labute approximate surface area is 147 Å². The molecule has 0 aliphatic heterocycles. The molecule has 0 saturated carbocycles. The predicted octanol–water partition coefficient (Wildman–Crippen LogP) is 3.75. The lowest BCUT2D eigenvalue weighted by Gasteiger charge is -2.17. The van der Waals surface area contributed by atoms with E-state index in [1.54, 1.807) is 20.8 Å². The SMILES string of the molecule is CC(C)(C)OC(N)=O.NC(=O)OC(c1ccccc1)c1ccccc1. The number of carbonyl (C=O) groups excluding carboxylic acids is 2. The van der Waals surface area contributed by atoms with Gasteiger partial charge in [-0.15, -0.1) is 0 Å². The maximum absolute atomic E-state index is 11.0. The van der Waals surface area contributed by atoms with E-state index in [4.69, 9.17) is 16.2 Å². The number of hydrogen-bond acceptors (Lipinski definition) is 4. The third-order valence-corrected chi connectivity index (χ3v) is 2.85. The number of rotatable bonds is 3. The molecule has 6 nitrogen and oxygen atoms in total. The maximum Gasteiger partial charge on any atom is 0.405 e. The van der Waals surface area contributed by atoms with Crippen LogP contribution in [0.15, 0.2) is 60.7 Å². The molecule has 2 amide bonds. The van der Waals surface area contributed by atoms with E-state index in [-0.39, 0.29) is 0 Å². The van der Waals surface area contributed by atoms with Crippen molar-refractivity contribution in [2.75, 3.05) is 0 Å². The Morgan fingerprint density at radius 1 is 0.800 bits per heavy atom. The van der Waals surface area contributed by atoms with Crippen molar-refractivity contribution < 1.29 is 19.1 Å². The fourth-order valence-electron chi connectivity index (χ4n) is 2.00. The zero-order chi connectivity index (χ0) is 18.9. The minimum atomic E-state index is -0.775. The summed E-state index contributed by atoms with van der Waals surface area (Å²) in [5.41, 5.74) is 11.2. The lowest BCUT2D eigenvalue weighted by atomic mass is 10.0. The highest BCUT2D eigenvalue weighted by molar-refractivity contribution is 5.65. The summed E-state index contributed by atoms with van der Waals surface area (Å²) in [6, 6.07) is 19.0. The first-order valence-electron chi connectivity index (χ1n) is 7.73. The van der Waals surface area contributed by atoms with Gasteiger partial charge in [-0.1, -0.05) is 60.7 Å². The monoisotopic (exact) mass is 344 g/mol. The van der Waals surface area contributed by atoms with Gasteiger partial charge in [0.15, 0.2) is 6.10 Å². The van der Waals surface area contributed by atoms with Crippen LogP contribution < -0.4 is 11.5 Å². The normalized spacial score (nSPS) is 10.4. The standard InChI is InChI=1S/C14H13NO2.C5H11NO2/c15-14(16)17-13(11-7-3-1-4-8-11)12-9-5-2-6-10-12;1-5(2,3)8-4(6)7/h1-10,13H,(H2,15,16);1-3H3,(H2,6,7). The summed E-state index contributed by atoms with van der Waals surface area (Å²) < 4.78 is 9.74. The van der Waals surface area contributed by atoms with Gasteiger partial charge in [0, 0.05) is 0 Å². The van der Waals surface area contributed by atoms with Crippen LogP contribution in [0.5, 0.6) is 0 Å². The van der Waals surface area contributed by atoms with E-state index in [1.807, 2.05) is 60.7 Å². The summed E-state index contributed by atoms with van der Waals surface area (Å²) in [7, 11) is 0. The molecule has 0 atom stereocenters. The number of benzene rings is 2. The lowest BCUT2D eigenvalue weighted by molar-refractivity contribution is 0.0600. The summed E-state index contributed by atoms with van der Waals surface area (Å²) in [5, 5.41) is 0. The molecule has 0 unspecified atom stereocenters. The Hall–Kier alpha value is -3.02. The number of primary amides is 2. The predicted molar refractivity (Wildman–Crippen MR) is 95.8 cm³/mol. The van der Waals surface area contributed by atoms with Crippen LogP contribution in [0.4, 0.5) is 9.59 Å². The molecule has 2 aromatic carbocycles. The van der Waals surface area contributed by atoms with E-state index >= 15 is 0 Å². The first-order chi connectivity index (χ1) is 11.7. The van der Waals surface area contributed by atoms with Gasteiger partial charge in [0.05, 0.1) is 0 Å². The molecule has 0 heterocycles. The highest BCUT2D eigenvalue weighted by Gasteiger charge is 2.16. The second kappa shape index (κ2) is 9.32. The summed E-state index contributed by atoms with van der Waals surface area (Å²) in [6.45, 7) is 5.28. The number of hydrogen-bond donors (Lipinski definition) is 2. The van der Waals surface area contributed by atoms with Crippen LogP contribution in [0, 0.1) is 0 Å².